The minimum Gasteiger partial charge on any atom is -0.392 e. The first-order valence-corrected chi connectivity index (χ1v) is 8.46. The number of piperidine rings is 1. The number of anilines is 1. The van der Waals surface area contributed by atoms with Gasteiger partial charge in [0.05, 0.1) is 6.10 Å². The lowest BCUT2D eigenvalue weighted by Crippen LogP contribution is -2.47. The Morgan fingerprint density at radius 3 is 2.18 bits per heavy atom. The number of rotatable bonds is 4. The molecule has 0 aromatic heterocycles. The van der Waals surface area contributed by atoms with Gasteiger partial charge in [0, 0.05) is 49.3 Å². The third-order valence-corrected chi connectivity index (χ3v) is 5.31. The Hall–Kier alpha value is -1.55. The van der Waals surface area contributed by atoms with Gasteiger partial charge in [0.15, 0.2) is 0 Å². The SMILES string of the molecule is CCN(CC)c1ccc(C(=O)N2CC3CCC(C2)C3O)cc1. The molecule has 1 aliphatic carbocycles. The van der Waals surface area contributed by atoms with E-state index in [9.17, 15) is 9.90 Å². The van der Waals surface area contributed by atoms with Gasteiger partial charge in [-0.1, -0.05) is 0 Å². The average molecular weight is 302 g/mol. The van der Waals surface area contributed by atoms with E-state index in [1.54, 1.807) is 0 Å². The van der Waals surface area contributed by atoms with E-state index in [-0.39, 0.29) is 23.8 Å². The molecule has 22 heavy (non-hydrogen) atoms. The zero-order chi connectivity index (χ0) is 15.7. The summed E-state index contributed by atoms with van der Waals surface area (Å²) in [6.45, 7) is 7.62. The lowest BCUT2D eigenvalue weighted by atomic mass is 9.94. The van der Waals surface area contributed by atoms with Gasteiger partial charge in [0.1, 0.15) is 0 Å². The molecule has 1 saturated carbocycles. The second-order valence-electron chi connectivity index (χ2n) is 6.52. The van der Waals surface area contributed by atoms with Crippen LogP contribution in [0.3, 0.4) is 0 Å². The molecule has 3 rings (SSSR count). The van der Waals surface area contributed by atoms with Crippen molar-refractivity contribution in [1.82, 2.24) is 4.90 Å². The molecule has 2 unspecified atom stereocenters. The van der Waals surface area contributed by atoms with Crippen LogP contribution in [0.4, 0.5) is 5.69 Å². The summed E-state index contributed by atoms with van der Waals surface area (Å²) in [7, 11) is 0. The Balaban J connectivity index is 1.70. The second kappa shape index (κ2) is 6.29. The molecule has 1 aromatic carbocycles. The zero-order valence-electron chi connectivity index (χ0n) is 13.5. The van der Waals surface area contributed by atoms with Crippen molar-refractivity contribution in [2.45, 2.75) is 32.8 Å². The summed E-state index contributed by atoms with van der Waals surface area (Å²) in [4.78, 5) is 16.9. The van der Waals surface area contributed by atoms with E-state index in [0.717, 1.165) is 37.2 Å². The van der Waals surface area contributed by atoms with Gasteiger partial charge in [-0.2, -0.15) is 0 Å². The second-order valence-corrected chi connectivity index (χ2v) is 6.52. The minimum atomic E-state index is -0.200. The van der Waals surface area contributed by atoms with E-state index >= 15 is 0 Å². The molecule has 2 aliphatic rings. The molecule has 2 bridgehead atoms. The zero-order valence-corrected chi connectivity index (χ0v) is 13.5. The summed E-state index contributed by atoms with van der Waals surface area (Å²) in [5, 5.41) is 10.1. The molecule has 1 N–H and O–H groups in total. The Kier molecular flexibility index (Phi) is 4.39. The maximum absolute atomic E-state index is 12.7. The minimum absolute atomic E-state index is 0.106. The third-order valence-electron chi connectivity index (χ3n) is 5.31. The highest BCUT2D eigenvalue weighted by Crippen LogP contribution is 2.37. The van der Waals surface area contributed by atoms with Crippen molar-refractivity contribution < 1.29 is 9.90 Å². The number of fused-ring (bicyclic) bond motifs is 2. The molecule has 1 heterocycles. The normalized spacial score (nSPS) is 27.0. The van der Waals surface area contributed by atoms with Gasteiger partial charge in [-0.05, 0) is 51.0 Å². The van der Waals surface area contributed by atoms with E-state index < -0.39 is 0 Å². The number of aliphatic hydroxyl groups excluding tert-OH is 1. The molecule has 4 nitrogen and oxygen atoms in total. The van der Waals surface area contributed by atoms with E-state index in [1.165, 1.54) is 0 Å². The van der Waals surface area contributed by atoms with Crippen molar-refractivity contribution in [2.75, 3.05) is 31.1 Å². The summed E-state index contributed by atoms with van der Waals surface area (Å²) in [5.74, 6) is 0.658. The van der Waals surface area contributed by atoms with Crippen LogP contribution >= 0.6 is 0 Å². The van der Waals surface area contributed by atoms with Gasteiger partial charge in [0.2, 0.25) is 0 Å². The van der Waals surface area contributed by atoms with Crippen LogP contribution in [0.25, 0.3) is 0 Å². The number of benzene rings is 1. The smallest absolute Gasteiger partial charge is 0.253 e. The molecule has 1 amide bonds. The number of carbonyl (C=O) groups excluding carboxylic acids is 1. The predicted octanol–water partition coefficient (Wildman–Crippen LogP) is 2.38. The number of nitrogens with zero attached hydrogens (tertiary/aromatic N) is 2. The molecular formula is C18H26N2O2. The van der Waals surface area contributed by atoms with Crippen LogP contribution < -0.4 is 4.90 Å². The van der Waals surface area contributed by atoms with Crippen LogP contribution in [-0.4, -0.2) is 48.2 Å². The fraction of sp³-hybridized carbons (Fsp3) is 0.611. The van der Waals surface area contributed by atoms with Gasteiger partial charge < -0.3 is 14.9 Å². The first kappa shape index (κ1) is 15.3. The van der Waals surface area contributed by atoms with Crippen molar-refractivity contribution in [3.05, 3.63) is 29.8 Å². The summed E-state index contributed by atoms with van der Waals surface area (Å²) < 4.78 is 0. The first-order chi connectivity index (χ1) is 10.6. The number of aliphatic hydroxyl groups is 1. The molecule has 2 atom stereocenters. The quantitative estimate of drug-likeness (QED) is 0.928. The number of hydrogen-bond donors (Lipinski definition) is 1. The van der Waals surface area contributed by atoms with E-state index in [0.29, 0.717) is 13.1 Å². The highest BCUT2D eigenvalue weighted by Gasteiger charge is 2.42. The van der Waals surface area contributed by atoms with Crippen LogP contribution in [0.1, 0.15) is 37.0 Å². The molecule has 2 fully saturated rings. The molecule has 1 saturated heterocycles. The van der Waals surface area contributed by atoms with Gasteiger partial charge in [0.25, 0.3) is 5.91 Å². The van der Waals surface area contributed by atoms with Gasteiger partial charge in [-0.15, -0.1) is 0 Å². The molecule has 120 valence electrons. The maximum Gasteiger partial charge on any atom is 0.253 e. The predicted molar refractivity (Wildman–Crippen MR) is 88.1 cm³/mol. The monoisotopic (exact) mass is 302 g/mol. The number of carbonyl (C=O) groups is 1. The summed E-state index contributed by atoms with van der Waals surface area (Å²) in [6, 6.07) is 7.94. The Morgan fingerprint density at radius 2 is 1.68 bits per heavy atom. The Morgan fingerprint density at radius 1 is 1.14 bits per heavy atom. The fourth-order valence-electron chi connectivity index (χ4n) is 3.95. The van der Waals surface area contributed by atoms with Crippen molar-refractivity contribution in [3.63, 3.8) is 0 Å². The van der Waals surface area contributed by atoms with Crippen LogP contribution in [0.5, 0.6) is 0 Å². The van der Waals surface area contributed by atoms with Crippen LogP contribution in [0, 0.1) is 11.8 Å². The third kappa shape index (κ3) is 2.72. The average Bonchev–Trinajstić information content (AvgIpc) is 2.77. The summed E-state index contributed by atoms with van der Waals surface area (Å²) in [5.41, 5.74) is 1.92. The van der Waals surface area contributed by atoms with E-state index in [2.05, 4.69) is 18.7 Å². The molecule has 0 spiro atoms. The number of amides is 1. The molecule has 0 radical (unpaired) electrons. The Labute approximate surface area is 132 Å². The Bertz CT molecular complexity index is 510. The van der Waals surface area contributed by atoms with Crippen molar-refractivity contribution >= 4 is 11.6 Å². The van der Waals surface area contributed by atoms with Crippen molar-refractivity contribution in [1.29, 1.82) is 0 Å². The largest absolute Gasteiger partial charge is 0.392 e. The standard InChI is InChI=1S/C18H26N2O2/c1-3-19(4-2)16-9-7-13(8-10-16)18(22)20-11-14-5-6-15(12-20)17(14)21/h7-10,14-15,17,21H,3-6,11-12H2,1-2H3. The molecule has 4 heteroatoms. The van der Waals surface area contributed by atoms with Crippen molar-refractivity contribution in [2.24, 2.45) is 11.8 Å². The van der Waals surface area contributed by atoms with Crippen LogP contribution in [-0.2, 0) is 0 Å². The molecular weight excluding hydrogens is 276 g/mol. The number of likely N-dealkylation sites (tertiary alicyclic amines) is 1. The highest BCUT2D eigenvalue weighted by atomic mass is 16.3. The highest BCUT2D eigenvalue weighted by molar-refractivity contribution is 5.94. The van der Waals surface area contributed by atoms with Crippen molar-refractivity contribution in [3.8, 4) is 0 Å². The molecule has 1 aromatic rings. The lowest BCUT2D eigenvalue weighted by Gasteiger charge is -2.35. The van der Waals surface area contributed by atoms with E-state index in [1.807, 2.05) is 29.2 Å². The van der Waals surface area contributed by atoms with Gasteiger partial charge in [-0.25, -0.2) is 0 Å². The van der Waals surface area contributed by atoms with Crippen LogP contribution in [0.15, 0.2) is 24.3 Å². The fourth-order valence-corrected chi connectivity index (χ4v) is 3.95. The lowest BCUT2D eigenvalue weighted by molar-refractivity contribution is 0.0166. The van der Waals surface area contributed by atoms with Gasteiger partial charge in [-0.3, -0.25) is 4.79 Å². The molecule has 1 aliphatic heterocycles. The maximum atomic E-state index is 12.7. The summed E-state index contributed by atoms with van der Waals surface area (Å²) in [6.07, 6.45) is 1.90. The number of hydrogen-bond acceptors (Lipinski definition) is 3. The van der Waals surface area contributed by atoms with Crippen LogP contribution in [0.2, 0.25) is 0 Å². The topological polar surface area (TPSA) is 43.8 Å². The van der Waals surface area contributed by atoms with Gasteiger partial charge >= 0.3 is 0 Å². The summed E-state index contributed by atoms with van der Waals surface area (Å²) >= 11 is 0. The van der Waals surface area contributed by atoms with E-state index in [4.69, 9.17) is 0 Å². The first-order valence-electron chi connectivity index (χ1n) is 8.46.